The number of rotatable bonds is 2. The van der Waals surface area contributed by atoms with E-state index in [0.717, 1.165) is 101 Å². The van der Waals surface area contributed by atoms with Crippen LogP contribution in [0.2, 0.25) is 0 Å². The first-order valence-electron chi connectivity index (χ1n) is 7.32. The number of benzene rings is 1. The van der Waals surface area contributed by atoms with Crippen LogP contribution >= 0.6 is 0 Å². The SMILES string of the molecule is Cc1c[c-]c(-c2[c-]nnc(C)c2-c2cc[c-]cc2)nc1.[H-].[Rb+].[Rb+].[Rb+].[Rb+].[Rb][Rb]. The van der Waals surface area contributed by atoms with Gasteiger partial charge in [0, 0.05) is 0 Å². The molecule has 3 nitrogen and oxygen atoms in total. The van der Waals surface area contributed by atoms with Crippen LogP contribution < -0.4 is 233 Å². The summed E-state index contributed by atoms with van der Waals surface area (Å²) in [7, 11) is 0. The maximum absolute atomic E-state index is 4.41. The van der Waals surface area contributed by atoms with Gasteiger partial charge < -0.3 is 6.41 Å². The van der Waals surface area contributed by atoms with Gasteiger partial charge in [-0.3, -0.25) is 0 Å². The molecular weight excluding hydrogens is 759 g/mol. The average Bonchev–Trinajstić information content (AvgIpc) is 2.58. The van der Waals surface area contributed by atoms with Crippen LogP contribution in [0.5, 0.6) is 0 Å². The van der Waals surface area contributed by atoms with Gasteiger partial charge in [0.25, 0.3) is 0 Å². The molecule has 0 N–H and O–H groups in total. The van der Waals surface area contributed by atoms with Gasteiger partial charge in [-0.15, -0.1) is 11.8 Å². The molecule has 0 amide bonds. The molecule has 0 spiro atoms. The topological polar surface area (TPSA) is 38.7 Å². The Morgan fingerprint density at radius 3 is 2.15 bits per heavy atom. The van der Waals surface area contributed by atoms with E-state index in [1.807, 2.05) is 50.4 Å². The minimum atomic E-state index is 0. The third kappa shape index (κ3) is 13.6. The van der Waals surface area contributed by atoms with E-state index >= 15 is 0 Å². The average molecular weight is 772 g/mol. The first kappa shape index (κ1) is 38.8. The molecule has 1 aromatic carbocycles. The molecule has 9 heteroatoms. The van der Waals surface area contributed by atoms with Gasteiger partial charge in [-0.05, 0) is 18.8 Å². The Morgan fingerprint density at radius 1 is 1.00 bits per heavy atom. The molecule has 0 aliphatic rings. The Labute approximate surface area is 402 Å². The first-order chi connectivity index (χ1) is 10.8. The van der Waals surface area contributed by atoms with Crippen molar-refractivity contribution in [2.75, 3.05) is 0 Å². The van der Waals surface area contributed by atoms with Crippen molar-refractivity contribution < 1.29 is 234 Å². The van der Waals surface area contributed by atoms with Crippen molar-refractivity contribution in [3.05, 3.63) is 66.1 Å². The van der Waals surface area contributed by atoms with Crippen molar-refractivity contribution in [3.63, 3.8) is 0 Å². The number of aromatic nitrogens is 3. The van der Waals surface area contributed by atoms with E-state index in [2.05, 4.69) is 33.5 Å². The molecule has 2 aromatic heterocycles. The van der Waals surface area contributed by atoms with Crippen LogP contribution in [0.25, 0.3) is 22.4 Å². The second kappa shape index (κ2) is 23.7. The first-order valence-corrected chi connectivity index (χ1v) is 41.3. The van der Waals surface area contributed by atoms with Crippen LogP contribution in [-0.4, -0.2) is 82.9 Å². The second-order valence-corrected chi connectivity index (χ2v) is 4.58. The Morgan fingerprint density at radius 2 is 1.62 bits per heavy atom. The summed E-state index contributed by atoms with van der Waals surface area (Å²) in [5, 5.41) is 8.03. The van der Waals surface area contributed by atoms with Gasteiger partial charge in [0.15, 0.2) is 0 Å². The van der Waals surface area contributed by atoms with Crippen LogP contribution in [0.15, 0.2) is 36.5 Å². The quantitative estimate of drug-likeness (QED) is 0.244. The van der Waals surface area contributed by atoms with Crippen molar-refractivity contribution in [2.45, 2.75) is 13.8 Å². The van der Waals surface area contributed by atoms with E-state index in [-0.39, 0.29) is 234 Å². The summed E-state index contributed by atoms with van der Waals surface area (Å²) in [6, 6.07) is 15.9. The summed E-state index contributed by atoms with van der Waals surface area (Å²) < 4.78 is 0. The number of hydrogen-bond donors (Lipinski definition) is 0. The summed E-state index contributed by atoms with van der Waals surface area (Å²) >= 11 is 2.32. The summed E-state index contributed by atoms with van der Waals surface area (Å²) in [4.78, 5) is 4.41. The van der Waals surface area contributed by atoms with Crippen molar-refractivity contribution in [3.8, 4) is 22.4 Å². The monoisotopic (exact) mass is 769 g/mol. The molecule has 0 aliphatic heterocycles. The zero-order valence-corrected chi connectivity index (χ0v) is 46.8. The van der Waals surface area contributed by atoms with E-state index in [1.165, 1.54) is 0 Å². The summed E-state index contributed by atoms with van der Waals surface area (Å²) in [6.07, 6.45) is 4.76. The molecule has 0 saturated heterocycles. The van der Waals surface area contributed by atoms with E-state index < -0.39 is 0 Å². The molecule has 0 radical (unpaired) electrons. The molecule has 0 fully saturated rings. The van der Waals surface area contributed by atoms with Gasteiger partial charge in [-0.25, -0.2) is 16.7 Å². The fraction of sp³-hybridized carbons (Fsp3) is 0.118. The zero-order valence-electron chi connectivity index (χ0n) is 18.3. The van der Waals surface area contributed by atoms with Crippen molar-refractivity contribution >= 4 is 67.7 Å². The molecule has 3 aromatic rings. The molecule has 0 unspecified atom stereocenters. The molecule has 0 aliphatic carbocycles. The van der Waals surface area contributed by atoms with Crippen molar-refractivity contribution in [1.29, 1.82) is 0 Å². The zero-order chi connectivity index (χ0) is 15.9. The van der Waals surface area contributed by atoms with Crippen LogP contribution in [0, 0.1) is 32.2 Å². The van der Waals surface area contributed by atoms with Crippen LogP contribution in [-0.2, 0) is 0 Å². The molecule has 3 rings (SSSR count). The van der Waals surface area contributed by atoms with Crippen LogP contribution in [0.1, 0.15) is 12.7 Å². The Bertz CT molecular complexity index is 745. The third-order valence-electron chi connectivity index (χ3n) is 3.05. The van der Waals surface area contributed by atoms with E-state index in [4.69, 9.17) is 0 Å². The van der Waals surface area contributed by atoms with Gasteiger partial charge in [0.2, 0.25) is 0 Å². The Balaban J connectivity index is -0.000000366. The predicted molar refractivity (Wildman–Crippen MR) is 89.3 cm³/mol. The van der Waals surface area contributed by atoms with Gasteiger partial charge in [-0.2, -0.15) is 58.3 Å². The van der Waals surface area contributed by atoms with E-state index in [1.54, 1.807) is 0 Å². The minimum absolute atomic E-state index is 0. The molecule has 26 heavy (non-hydrogen) atoms. The Hall–Kier alpha value is 8.28. The van der Waals surface area contributed by atoms with Crippen LogP contribution in [0.4, 0.5) is 0 Å². The normalized spacial score (nSPS) is 8.38. The van der Waals surface area contributed by atoms with Gasteiger partial charge >= 0.3 is 300 Å². The van der Waals surface area contributed by atoms with E-state index in [9.17, 15) is 0 Å². The molecule has 2 heterocycles. The standard InChI is InChI=1S/C17H12N3.6Rb.H/c1-12-8-9-16(18-10-12)15-11-19-20-13(2)17(15)14-6-4-3-5-7-14;;;;;;;/h4-8,10H,1-2H3;;;;;;;/q-3;;;4*+1;-1. The summed E-state index contributed by atoms with van der Waals surface area (Å²) in [5.74, 6) is 0. The van der Waals surface area contributed by atoms with Gasteiger partial charge in [0.05, 0.1) is 0 Å². The van der Waals surface area contributed by atoms with Gasteiger partial charge in [-0.1, -0.05) is 6.92 Å². The molecule has 102 valence electrons. The fourth-order valence-corrected chi connectivity index (χ4v) is 2.07. The van der Waals surface area contributed by atoms with E-state index in [0.29, 0.717) is 0 Å². The Kier molecular flexibility index (Phi) is 35.3. The summed E-state index contributed by atoms with van der Waals surface area (Å²) in [6.45, 7) is 3.92. The number of aryl methyl sites for hydroxylation is 2. The number of hydrogen-bond acceptors (Lipinski definition) is 3. The summed E-state index contributed by atoms with van der Waals surface area (Å²) in [5.41, 5.74) is 5.52. The fourth-order valence-electron chi connectivity index (χ4n) is 2.07. The third-order valence-corrected chi connectivity index (χ3v) is 3.05. The maximum atomic E-state index is 4.41. The predicted octanol–water partition coefficient (Wildman–Crippen LogP) is -9.41. The molecule has 0 bridgehead atoms. The molecule has 0 atom stereocenters. The number of pyridine rings is 1. The van der Waals surface area contributed by atoms with Crippen LogP contribution in [0.3, 0.4) is 0 Å². The molecule has 0 saturated carbocycles. The van der Waals surface area contributed by atoms with Crippen molar-refractivity contribution in [2.24, 2.45) is 0 Å². The second-order valence-electron chi connectivity index (χ2n) is 4.58. The van der Waals surface area contributed by atoms with Gasteiger partial charge in [0.1, 0.15) is 0 Å². The molecular formula is C17H13N3Rb6. The van der Waals surface area contributed by atoms with Crippen molar-refractivity contribution in [1.82, 2.24) is 15.2 Å². The number of nitrogens with zero attached hydrogens (tertiary/aromatic N) is 3.